The molecule has 6 heteroatoms. The maximum atomic E-state index is 13.5. The predicted octanol–water partition coefficient (Wildman–Crippen LogP) is 4.63. The van der Waals surface area contributed by atoms with Crippen LogP contribution in [0.1, 0.15) is 12.5 Å². The van der Waals surface area contributed by atoms with Gasteiger partial charge in [-0.15, -0.1) is 0 Å². The van der Waals surface area contributed by atoms with Gasteiger partial charge in [0.15, 0.2) is 6.29 Å². The van der Waals surface area contributed by atoms with Gasteiger partial charge in [-0.25, -0.2) is 0 Å². The van der Waals surface area contributed by atoms with Crippen LogP contribution in [0.4, 0.5) is 13.2 Å². The number of allylic oxidation sites excluding steroid dienone is 5. The van der Waals surface area contributed by atoms with E-state index in [0.717, 1.165) is 0 Å². The van der Waals surface area contributed by atoms with Gasteiger partial charge in [0.05, 0.1) is 5.57 Å². The van der Waals surface area contributed by atoms with Crippen molar-refractivity contribution in [1.82, 2.24) is 4.90 Å². The summed E-state index contributed by atoms with van der Waals surface area (Å²) in [6, 6.07) is 6.51. The fourth-order valence-corrected chi connectivity index (χ4v) is 2.75. The van der Waals surface area contributed by atoms with E-state index in [2.05, 4.69) is 0 Å². The highest BCUT2D eigenvalue weighted by molar-refractivity contribution is 6.30. The van der Waals surface area contributed by atoms with E-state index in [4.69, 9.17) is 11.6 Å². The molecule has 1 aliphatic rings. The zero-order valence-electron chi connectivity index (χ0n) is 12.8. The van der Waals surface area contributed by atoms with Crippen molar-refractivity contribution in [3.63, 3.8) is 0 Å². The lowest BCUT2D eigenvalue weighted by molar-refractivity contribution is -0.106. The molecule has 122 valence electrons. The van der Waals surface area contributed by atoms with Crippen LogP contribution in [0.3, 0.4) is 0 Å². The summed E-state index contributed by atoms with van der Waals surface area (Å²) in [5.41, 5.74) is 0.0507. The van der Waals surface area contributed by atoms with Gasteiger partial charge in [-0.1, -0.05) is 23.7 Å². The Hall–Kier alpha value is -2.01. The third-order valence-electron chi connectivity index (χ3n) is 3.51. The molecule has 0 spiro atoms. The Morgan fingerprint density at radius 3 is 2.13 bits per heavy atom. The lowest BCUT2D eigenvalue weighted by Gasteiger charge is -2.17. The van der Waals surface area contributed by atoms with Crippen LogP contribution in [0.25, 0.3) is 5.57 Å². The fourth-order valence-electron chi connectivity index (χ4n) is 2.62. The molecule has 23 heavy (non-hydrogen) atoms. The maximum Gasteiger partial charge on any atom is 0.417 e. The van der Waals surface area contributed by atoms with Crippen LogP contribution >= 0.6 is 11.6 Å². The lowest BCUT2D eigenvalue weighted by atomic mass is 9.95. The first-order valence-corrected chi connectivity index (χ1v) is 7.17. The minimum absolute atomic E-state index is 0.00979. The number of alkyl halides is 3. The Balaban J connectivity index is 2.74. The molecule has 0 unspecified atom stereocenters. The number of aldehydes is 1. The highest BCUT2D eigenvalue weighted by Gasteiger charge is 2.44. The number of benzene rings is 1. The van der Waals surface area contributed by atoms with Gasteiger partial charge in [0.25, 0.3) is 0 Å². The molecule has 1 aromatic rings. The van der Waals surface area contributed by atoms with Crippen LogP contribution in [0.5, 0.6) is 0 Å². The Morgan fingerprint density at radius 1 is 1.13 bits per heavy atom. The molecule has 0 saturated heterocycles. The van der Waals surface area contributed by atoms with Crippen LogP contribution in [-0.4, -0.2) is 31.5 Å². The molecule has 0 heterocycles. The summed E-state index contributed by atoms with van der Waals surface area (Å²) in [5, 5.41) is 0.489. The summed E-state index contributed by atoms with van der Waals surface area (Å²) in [4.78, 5) is 12.8. The molecular formula is C17H15ClF3NO. The van der Waals surface area contributed by atoms with Crippen LogP contribution in [0.2, 0.25) is 5.02 Å². The molecule has 0 bridgehead atoms. The average Bonchev–Trinajstić information content (AvgIpc) is 2.71. The van der Waals surface area contributed by atoms with Crippen LogP contribution in [0.15, 0.2) is 52.8 Å². The van der Waals surface area contributed by atoms with Gasteiger partial charge in [0.1, 0.15) is 0 Å². The Morgan fingerprint density at radius 2 is 1.70 bits per heavy atom. The lowest BCUT2D eigenvalue weighted by Crippen LogP contribution is -2.16. The average molecular weight is 342 g/mol. The first kappa shape index (κ1) is 17.3. The molecule has 0 atom stereocenters. The van der Waals surface area contributed by atoms with Gasteiger partial charge >= 0.3 is 6.18 Å². The second kappa shape index (κ2) is 6.24. The number of nitrogens with zero attached hydrogens (tertiary/aromatic N) is 1. The number of carbonyl (C=O) groups is 1. The van der Waals surface area contributed by atoms with Gasteiger partial charge in [-0.2, -0.15) is 13.2 Å². The van der Waals surface area contributed by atoms with Crippen molar-refractivity contribution in [2.45, 2.75) is 13.1 Å². The molecule has 2 nitrogen and oxygen atoms in total. The summed E-state index contributed by atoms with van der Waals surface area (Å²) in [6.07, 6.45) is -2.97. The van der Waals surface area contributed by atoms with E-state index >= 15 is 0 Å². The summed E-state index contributed by atoms with van der Waals surface area (Å²) in [6.45, 7) is 1.52. The van der Waals surface area contributed by atoms with Crippen molar-refractivity contribution in [2.75, 3.05) is 14.1 Å². The van der Waals surface area contributed by atoms with Crippen molar-refractivity contribution in [3.05, 3.63) is 63.3 Å². The minimum atomic E-state index is -4.62. The summed E-state index contributed by atoms with van der Waals surface area (Å²) in [5.74, 6) is 0. The molecule has 0 fully saturated rings. The molecule has 0 radical (unpaired) electrons. The quantitative estimate of drug-likeness (QED) is 0.747. The van der Waals surface area contributed by atoms with Crippen LogP contribution < -0.4 is 0 Å². The Kier molecular flexibility index (Phi) is 4.71. The molecule has 2 rings (SSSR count). The van der Waals surface area contributed by atoms with Gasteiger partial charge < -0.3 is 4.90 Å². The van der Waals surface area contributed by atoms with E-state index in [0.29, 0.717) is 21.7 Å². The van der Waals surface area contributed by atoms with Crippen molar-refractivity contribution in [1.29, 1.82) is 0 Å². The number of halogens is 4. The topological polar surface area (TPSA) is 20.3 Å². The largest absolute Gasteiger partial charge is 0.417 e. The highest BCUT2D eigenvalue weighted by Crippen LogP contribution is 2.48. The first-order valence-electron chi connectivity index (χ1n) is 6.79. The zero-order valence-corrected chi connectivity index (χ0v) is 13.6. The molecule has 0 amide bonds. The molecule has 1 aromatic carbocycles. The first-order chi connectivity index (χ1) is 10.7. The van der Waals surface area contributed by atoms with Gasteiger partial charge in [0.2, 0.25) is 0 Å². The maximum absolute atomic E-state index is 13.5. The van der Waals surface area contributed by atoms with E-state index in [-0.39, 0.29) is 17.4 Å². The third-order valence-corrected chi connectivity index (χ3v) is 3.76. The van der Waals surface area contributed by atoms with Crippen molar-refractivity contribution >= 4 is 23.5 Å². The second-order valence-electron chi connectivity index (χ2n) is 5.42. The molecular weight excluding hydrogens is 327 g/mol. The molecule has 0 aliphatic heterocycles. The van der Waals surface area contributed by atoms with Crippen molar-refractivity contribution in [3.8, 4) is 0 Å². The Labute approximate surface area is 137 Å². The van der Waals surface area contributed by atoms with E-state index in [1.54, 1.807) is 38.4 Å². The second-order valence-corrected chi connectivity index (χ2v) is 5.85. The fraction of sp³-hybridized carbons (Fsp3) is 0.235. The highest BCUT2D eigenvalue weighted by atomic mass is 35.5. The number of rotatable bonds is 3. The van der Waals surface area contributed by atoms with Crippen molar-refractivity contribution in [2.24, 2.45) is 0 Å². The molecule has 1 aliphatic carbocycles. The molecule has 0 N–H and O–H groups in total. The number of hydrogen-bond acceptors (Lipinski definition) is 2. The van der Waals surface area contributed by atoms with E-state index in [9.17, 15) is 18.0 Å². The van der Waals surface area contributed by atoms with E-state index < -0.39 is 11.7 Å². The minimum Gasteiger partial charge on any atom is -0.383 e. The predicted molar refractivity (Wildman–Crippen MR) is 85.0 cm³/mol. The third kappa shape index (κ3) is 3.34. The zero-order chi connectivity index (χ0) is 17.4. The van der Waals surface area contributed by atoms with Crippen LogP contribution in [-0.2, 0) is 4.79 Å². The van der Waals surface area contributed by atoms with E-state index in [1.807, 2.05) is 0 Å². The van der Waals surface area contributed by atoms with Crippen molar-refractivity contribution < 1.29 is 18.0 Å². The molecule has 0 aromatic heterocycles. The monoisotopic (exact) mass is 341 g/mol. The summed E-state index contributed by atoms with van der Waals surface area (Å²) in [7, 11) is 3.27. The standard InChI is InChI=1S/C17H15ClF3NO/c1-10-14(9-23)16(17(19,20)21)13(8-22(2)3)15(10)11-4-6-12(18)7-5-11/h4-9H,1-3H3/b13-8-. The number of hydrogen-bond donors (Lipinski definition) is 0. The smallest absolute Gasteiger partial charge is 0.383 e. The Bertz CT molecular complexity index is 725. The summed E-state index contributed by atoms with van der Waals surface area (Å²) >= 11 is 5.85. The summed E-state index contributed by atoms with van der Waals surface area (Å²) < 4.78 is 40.5. The number of carbonyl (C=O) groups excluding carboxylic acids is 1. The van der Waals surface area contributed by atoms with E-state index in [1.165, 1.54) is 18.0 Å². The SMILES string of the molecule is CC1=C(c2ccc(Cl)cc2)/C(=C/N(C)C)C(C(F)(F)F)=C1C=O. The van der Waals surface area contributed by atoms with Gasteiger partial charge in [-0.3, -0.25) is 4.79 Å². The van der Waals surface area contributed by atoms with Gasteiger partial charge in [-0.05, 0) is 35.8 Å². The van der Waals surface area contributed by atoms with Gasteiger partial charge in [0, 0.05) is 36.5 Å². The normalized spacial score (nSPS) is 17.3. The van der Waals surface area contributed by atoms with Crippen LogP contribution in [0, 0.1) is 0 Å². The molecule has 0 saturated carbocycles.